The molecule has 2 aliphatic rings. The Morgan fingerprint density at radius 3 is 2.39 bits per heavy atom. The minimum atomic E-state index is -3.66. The van der Waals surface area contributed by atoms with Gasteiger partial charge in [0.05, 0.1) is 26.6 Å². The van der Waals surface area contributed by atoms with Gasteiger partial charge in [0.25, 0.3) is 0 Å². The Bertz CT molecular complexity index is 854. The zero-order valence-corrected chi connectivity index (χ0v) is 18.7. The molecule has 1 amide bonds. The van der Waals surface area contributed by atoms with Crippen LogP contribution in [0.2, 0.25) is 10.0 Å². The molecule has 2 atom stereocenters. The summed E-state index contributed by atoms with van der Waals surface area (Å²) in [6, 6.07) is 4.15. The topological polar surface area (TPSA) is 69.7 Å². The van der Waals surface area contributed by atoms with Crippen LogP contribution >= 0.6 is 23.2 Å². The van der Waals surface area contributed by atoms with Gasteiger partial charge in [-0.3, -0.25) is 10.1 Å². The maximum atomic E-state index is 13.0. The number of halogens is 2. The third-order valence-corrected chi connectivity index (χ3v) is 8.71. The molecule has 0 bridgehead atoms. The van der Waals surface area contributed by atoms with E-state index in [4.69, 9.17) is 23.2 Å². The number of amides is 1. The van der Waals surface area contributed by atoms with E-state index in [1.54, 1.807) is 0 Å². The maximum Gasteiger partial charge on any atom is 0.243 e. The molecule has 2 fully saturated rings. The number of benzene rings is 1. The maximum absolute atomic E-state index is 13.0. The summed E-state index contributed by atoms with van der Waals surface area (Å²) in [6.45, 7) is 7.41. The predicted octanol–water partition coefficient (Wildman–Crippen LogP) is 3.34. The van der Waals surface area contributed by atoms with E-state index in [1.807, 2.05) is 11.8 Å². The molecule has 0 radical (unpaired) electrons. The number of carbonyl (C=O) groups is 1. The Hall–Kier alpha value is -0.860. The molecule has 9 heteroatoms. The van der Waals surface area contributed by atoms with Gasteiger partial charge in [-0.25, -0.2) is 8.42 Å². The monoisotopic (exact) mass is 447 g/mol. The Balaban J connectivity index is 1.79. The van der Waals surface area contributed by atoms with Gasteiger partial charge in [0.2, 0.25) is 15.9 Å². The number of rotatable bonds is 5. The van der Waals surface area contributed by atoms with Crippen molar-refractivity contribution in [3.8, 4) is 0 Å². The van der Waals surface area contributed by atoms with Crippen molar-refractivity contribution in [1.29, 1.82) is 0 Å². The fourth-order valence-corrected chi connectivity index (χ4v) is 6.02. The van der Waals surface area contributed by atoms with Crippen LogP contribution in [0.25, 0.3) is 0 Å². The van der Waals surface area contributed by atoms with Crippen LogP contribution in [0.5, 0.6) is 0 Å². The van der Waals surface area contributed by atoms with Crippen LogP contribution in [-0.4, -0.2) is 54.9 Å². The molecule has 0 aromatic heterocycles. The number of sulfonamides is 1. The number of piperidine rings is 1. The Labute approximate surface area is 177 Å². The molecule has 6 nitrogen and oxygen atoms in total. The predicted molar refractivity (Wildman–Crippen MR) is 111 cm³/mol. The number of nitrogens with zero attached hydrogens (tertiary/aromatic N) is 2. The fourth-order valence-electron chi connectivity index (χ4n) is 4.18. The standard InChI is InChI=1S/C19H27Cl2N3O3S/c1-4-13(3)17-18(25)24(5-2)19(22-17)8-10-23(11-9-19)28(26,27)14-6-7-15(20)16(21)12-14/h6-7,12-13,17,22H,4-5,8-11H2,1-3H3/t13-,17+/m0/s1. The van der Waals surface area contributed by atoms with Crippen LogP contribution in [0.15, 0.2) is 23.1 Å². The first-order valence-electron chi connectivity index (χ1n) is 9.70. The lowest BCUT2D eigenvalue weighted by Gasteiger charge is -2.44. The normalized spacial score (nSPS) is 24.1. The first-order chi connectivity index (χ1) is 13.2. The van der Waals surface area contributed by atoms with Crippen LogP contribution in [-0.2, 0) is 14.8 Å². The van der Waals surface area contributed by atoms with Crippen LogP contribution in [0.4, 0.5) is 0 Å². The van der Waals surface area contributed by atoms with Gasteiger partial charge in [0, 0.05) is 19.6 Å². The lowest BCUT2D eigenvalue weighted by Crippen LogP contribution is -2.59. The molecule has 1 aromatic rings. The third-order valence-electron chi connectivity index (χ3n) is 6.08. The summed E-state index contributed by atoms with van der Waals surface area (Å²) >= 11 is 11.9. The SMILES string of the molecule is CC[C@H](C)[C@H]1NC2(CCN(S(=O)(=O)c3ccc(Cl)c(Cl)c3)CC2)N(CC)C1=O. The highest BCUT2D eigenvalue weighted by molar-refractivity contribution is 7.89. The van der Waals surface area contributed by atoms with Crippen molar-refractivity contribution in [1.82, 2.24) is 14.5 Å². The van der Waals surface area contributed by atoms with Crippen LogP contribution in [0, 0.1) is 5.92 Å². The molecule has 2 saturated heterocycles. The molecular weight excluding hydrogens is 421 g/mol. The van der Waals surface area contributed by atoms with Crippen molar-refractivity contribution >= 4 is 39.1 Å². The van der Waals surface area contributed by atoms with Gasteiger partial charge < -0.3 is 4.90 Å². The van der Waals surface area contributed by atoms with Gasteiger partial charge in [-0.15, -0.1) is 0 Å². The minimum Gasteiger partial charge on any atom is -0.323 e. The van der Waals surface area contributed by atoms with Gasteiger partial charge >= 0.3 is 0 Å². The summed E-state index contributed by atoms with van der Waals surface area (Å²) in [5, 5.41) is 4.09. The molecule has 1 aromatic carbocycles. The van der Waals surface area contributed by atoms with Gasteiger partial charge in [-0.2, -0.15) is 4.31 Å². The molecule has 0 unspecified atom stereocenters. The van der Waals surface area contributed by atoms with E-state index in [2.05, 4.69) is 19.2 Å². The van der Waals surface area contributed by atoms with Crippen molar-refractivity contribution in [2.45, 2.75) is 56.6 Å². The number of nitrogens with one attached hydrogen (secondary N) is 1. The van der Waals surface area contributed by atoms with Gasteiger partial charge in [0.15, 0.2) is 0 Å². The van der Waals surface area contributed by atoms with Crippen molar-refractivity contribution in [3.63, 3.8) is 0 Å². The number of likely N-dealkylation sites (N-methyl/N-ethyl adjacent to an activating group) is 1. The fraction of sp³-hybridized carbons (Fsp3) is 0.632. The molecule has 3 rings (SSSR count). The second-order valence-electron chi connectivity index (χ2n) is 7.60. The summed E-state index contributed by atoms with van der Waals surface area (Å²) in [5.74, 6) is 0.358. The van der Waals surface area contributed by atoms with Crippen molar-refractivity contribution in [3.05, 3.63) is 28.2 Å². The molecule has 1 N–H and O–H groups in total. The number of carbonyl (C=O) groups excluding carboxylic acids is 1. The summed E-state index contributed by atoms with van der Waals surface area (Å²) < 4.78 is 27.5. The first kappa shape index (κ1) is 21.8. The summed E-state index contributed by atoms with van der Waals surface area (Å²) in [4.78, 5) is 14.9. The van der Waals surface area contributed by atoms with Gasteiger partial charge in [-0.05, 0) is 43.9 Å². The Morgan fingerprint density at radius 1 is 1.21 bits per heavy atom. The second kappa shape index (κ2) is 8.11. The Kier molecular flexibility index (Phi) is 6.32. The summed E-state index contributed by atoms with van der Waals surface area (Å²) in [6.07, 6.45) is 2.02. The lowest BCUT2D eigenvalue weighted by atomic mass is 9.96. The zero-order valence-electron chi connectivity index (χ0n) is 16.4. The number of hydrogen-bond acceptors (Lipinski definition) is 4. The van der Waals surface area contributed by atoms with Crippen LogP contribution in [0.1, 0.15) is 40.0 Å². The van der Waals surface area contributed by atoms with E-state index in [1.165, 1.54) is 22.5 Å². The van der Waals surface area contributed by atoms with E-state index < -0.39 is 15.7 Å². The van der Waals surface area contributed by atoms with E-state index in [0.717, 1.165) is 6.42 Å². The molecule has 156 valence electrons. The first-order valence-corrected chi connectivity index (χ1v) is 11.9. The molecule has 2 aliphatic heterocycles. The largest absolute Gasteiger partial charge is 0.323 e. The molecule has 0 saturated carbocycles. The quantitative estimate of drug-likeness (QED) is 0.750. The zero-order chi connectivity index (χ0) is 20.7. The Morgan fingerprint density at radius 2 is 1.86 bits per heavy atom. The van der Waals surface area contributed by atoms with Crippen molar-refractivity contribution in [2.75, 3.05) is 19.6 Å². The number of hydrogen-bond donors (Lipinski definition) is 1. The summed E-state index contributed by atoms with van der Waals surface area (Å²) in [5.41, 5.74) is -0.469. The average molecular weight is 448 g/mol. The highest BCUT2D eigenvalue weighted by atomic mass is 35.5. The smallest absolute Gasteiger partial charge is 0.243 e. The highest BCUT2D eigenvalue weighted by Crippen LogP contribution is 2.36. The average Bonchev–Trinajstić information content (AvgIpc) is 2.94. The van der Waals surface area contributed by atoms with E-state index in [0.29, 0.717) is 37.5 Å². The molecule has 1 spiro atoms. The molecule has 28 heavy (non-hydrogen) atoms. The van der Waals surface area contributed by atoms with Gasteiger partial charge in [0.1, 0.15) is 0 Å². The van der Waals surface area contributed by atoms with Crippen molar-refractivity contribution < 1.29 is 13.2 Å². The van der Waals surface area contributed by atoms with E-state index in [9.17, 15) is 13.2 Å². The summed E-state index contributed by atoms with van der Waals surface area (Å²) in [7, 11) is -3.66. The second-order valence-corrected chi connectivity index (χ2v) is 10.4. The molecule has 2 heterocycles. The van der Waals surface area contributed by atoms with Crippen molar-refractivity contribution in [2.24, 2.45) is 5.92 Å². The lowest BCUT2D eigenvalue weighted by molar-refractivity contribution is -0.133. The highest BCUT2D eigenvalue weighted by Gasteiger charge is 2.52. The molecular formula is C19H27Cl2N3O3S. The van der Waals surface area contributed by atoms with E-state index in [-0.39, 0.29) is 27.8 Å². The van der Waals surface area contributed by atoms with Gasteiger partial charge in [-0.1, -0.05) is 43.5 Å². The third kappa shape index (κ3) is 3.67. The van der Waals surface area contributed by atoms with Crippen LogP contribution in [0.3, 0.4) is 0 Å². The molecule has 0 aliphatic carbocycles. The van der Waals surface area contributed by atoms with Crippen LogP contribution < -0.4 is 5.32 Å². The minimum absolute atomic E-state index is 0.123. The van der Waals surface area contributed by atoms with E-state index >= 15 is 0 Å².